The molecule has 0 fully saturated rings. The van der Waals surface area contributed by atoms with Crippen LogP contribution in [0.4, 0.5) is 0 Å². The van der Waals surface area contributed by atoms with Gasteiger partial charge in [0.2, 0.25) is 0 Å². The molecule has 0 spiro atoms. The number of hydrogen-bond acceptors (Lipinski definition) is 1. The van der Waals surface area contributed by atoms with E-state index in [1.165, 1.54) is 32.1 Å². The van der Waals surface area contributed by atoms with Crippen molar-refractivity contribution in [2.24, 2.45) is 0 Å². The van der Waals surface area contributed by atoms with Crippen LogP contribution < -0.4 is 0 Å². The summed E-state index contributed by atoms with van der Waals surface area (Å²) < 4.78 is 4.93. The van der Waals surface area contributed by atoms with E-state index in [0.29, 0.717) is 0 Å². The lowest BCUT2D eigenvalue weighted by atomic mass is 10.2. The zero-order valence-corrected chi connectivity index (χ0v) is 7.58. The summed E-state index contributed by atoms with van der Waals surface area (Å²) in [7, 11) is 1.75. The van der Waals surface area contributed by atoms with Crippen molar-refractivity contribution in [3.05, 3.63) is 0 Å². The molecule has 1 nitrogen and oxygen atoms in total. The molecule has 0 aromatic rings. The molecule has 10 heavy (non-hydrogen) atoms. The smallest absolute Gasteiger partial charge is 0.0462 e. The fourth-order valence-corrected chi connectivity index (χ4v) is 1.08. The third-order valence-electron chi connectivity index (χ3n) is 1.49. The Hall–Kier alpha value is 0.310. The van der Waals surface area contributed by atoms with Crippen molar-refractivity contribution in [1.29, 1.82) is 0 Å². The average molecular weight is 161 g/mol. The fourth-order valence-electron chi connectivity index (χ4n) is 0.879. The van der Waals surface area contributed by atoms with Gasteiger partial charge >= 0.3 is 0 Å². The molecule has 0 aliphatic heterocycles. The Morgan fingerprint density at radius 1 is 1.00 bits per heavy atom. The first-order chi connectivity index (χ1) is 4.91. The van der Waals surface area contributed by atoms with Crippen LogP contribution in [0.3, 0.4) is 0 Å². The van der Waals surface area contributed by atoms with Crippen LogP contribution >= 0.6 is 12.6 Å². The quantitative estimate of drug-likeness (QED) is 0.522. The Bertz CT molecular complexity index is 49.2. The number of ether oxygens (including phenoxy) is 1. The normalized spacial score (nSPS) is 10.2. The summed E-state index contributed by atoms with van der Waals surface area (Å²) in [6, 6.07) is 0. The average Bonchev–Trinajstić information content (AvgIpc) is 1.97. The molecule has 61 valence electrons. The van der Waals surface area contributed by atoms with Crippen molar-refractivity contribution in [3.63, 3.8) is 0 Å². The van der Waals surface area contributed by atoms with Crippen molar-refractivity contribution in [3.8, 4) is 0 Å². The van der Waals surface area contributed by atoms with E-state index >= 15 is 0 Å². The maximum atomic E-state index is 4.93. The van der Waals surface area contributed by atoms with Crippen molar-refractivity contribution in [2.45, 2.75) is 32.1 Å². The second-order valence-corrected chi connectivity index (χ2v) is 2.87. The lowest BCUT2D eigenvalue weighted by Crippen LogP contribution is -1.88. The van der Waals surface area contributed by atoms with Crippen LogP contribution in [0.5, 0.6) is 0 Å². The van der Waals surface area contributed by atoms with Gasteiger partial charge in [0.15, 0.2) is 0 Å². The number of unbranched alkanes of at least 4 members (excludes halogenated alkanes) is 4. The summed E-state index contributed by atoms with van der Waals surface area (Å²) in [6.07, 6.45) is 6.33. The van der Waals surface area contributed by atoms with Gasteiger partial charge in [0.1, 0.15) is 0 Å². The van der Waals surface area contributed by atoms with Crippen LogP contribution in [-0.2, 0) is 4.74 Å². The molecule has 0 aliphatic carbocycles. The van der Waals surface area contributed by atoms with E-state index < -0.39 is 0 Å². The van der Waals surface area contributed by atoms with E-state index in [4.69, 9.17) is 17.4 Å². The second kappa shape index (κ2) is 9.31. The van der Waals surface area contributed by atoms with Crippen LogP contribution in [0, 0.1) is 0 Å². The van der Waals surface area contributed by atoms with Gasteiger partial charge in [-0.2, -0.15) is 0 Å². The number of rotatable bonds is 7. The Balaban J connectivity index is 2.65. The first-order valence-electron chi connectivity index (χ1n) is 3.99. The lowest BCUT2D eigenvalue weighted by molar-refractivity contribution is 0.192. The highest BCUT2D eigenvalue weighted by atomic mass is 32.1. The van der Waals surface area contributed by atoms with E-state index in [0.717, 1.165) is 12.4 Å². The van der Waals surface area contributed by atoms with Gasteiger partial charge in [-0.05, 0) is 12.8 Å². The van der Waals surface area contributed by atoms with Gasteiger partial charge in [-0.3, -0.25) is 0 Å². The van der Waals surface area contributed by atoms with Gasteiger partial charge in [-0.1, -0.05) is 31.9 Å². The van der Waals surface area contributed by atoms with E-state index in [9.17, 15) is 0 Å². The molecule has 0 aromatic heterocycles. The number of methoxy groups -OCH3 is 1. The molecule has 0 unspecified atom stereocenters. The molecule has 0 atom stereocenters. The van der Waals surface area contributed by atoms with Crippen molar-refractivity contribution in [1.82, 2.24) is 0 Å². The molecule has 2 heteroatoms. The zero-order valence-electron chi connectivity index (χ0n) is 6.77. The SMILES string of the molecule is COCCCCCCC[S]. The molecule has 0 amide bonds. The van der Waals surface area contributed by atoms with E-state index in [1.54, 1.807) is 7.11 Å². The first-order valence-corrected chi connectivity index (χ1v) is 4.56. The summed E-state index contributed by atoms with van der Waals surface area (Å²) in [5.41, 5.74) is 0. The van der Waals surface area contributed by atoms with Gasteiger partial charge in [0, 0.05) is 19.5 Å². The summed E-state index contributed by atoms with van der Waals surface area (Å²) in [5, 5.41) is 0. The number of hydrogen-bond donors (Lipinski definition) is 0. The topological polar surface area (TPSA) is 9.23 Å². The van der Waals surface area contributed by atoms with Crippen LogP contribution in [0.25, 0.3) is 0 Å². The molecular weight excluding hydrogens is 144 g/mol. The molecule has 0 aliphatic rings. The highest BCUT2D eigenvalue weighted by molar-refractivity contribution is 7.80. The minimum atomic E-state index is 0.911. The van der Waals surface area contributed by atoms with E-state index in [2.05, 4.69) is 0 Å². The van der Waals surface area contributed by atoms with Gasteiger partial charge in [0.05, 0.1) is 0 Å². The minimum absolute atomic E-state index is 0.911. The maximum Gasteiger partial charge on any atom is 0.0462 e. The zero-order chi connectivity index (χ0) is 7.66. The Morgan fingerprint density at radius 3 is 2.20 bits per heavy atom. The monoisotopic (exact) mass is 161 g/mol. The predicted molar refractivity (Wildman–Crippen MR) is 47.4 cm³/mol. The van der Waals surface area contributed by atoms with Crippen molar-refractivity contribution >= 4 is 12.6 Å². The summed E-state index contributed by atoms with van der Waals surface area (Å²) in [6.45, 7) is 0.911. The van der Waals surface area contributed by atoms with Gasteiger partial charge in [0.25, 0.3) is 0 Å². The first kappa shape index (κ1) is 10.3. The third kappa shape index (κ3) is 8.31. The Morgan fingerprint density at radius 2 is 1.60 bits per heavy atom. The van der Waals surface area contributed by atoms with Crippen molar-refractivity contribution in [2.75, 3.05) is 19.5 Å². The van der Waals surface area contributed by atoms with Gasteiger partial charge in [-0.15, -0.1) is 0 Å². The molecule has 1 radical (unpaired) electrons. The second-order valence-electron chi connectivity index (χ2n) is 2.46. The highest BCUT2D eigenvalue weighted by Gasteiger charge is 1.88. The molecule has 0 N–H and O–H groups in total. The van der Waals surface area contributed by atoms with Gasteiger partial charge < -0.3 is 4.74 Å². The Kier molecular flexibility index (Phi) is 9.60. The van der Waals surface area contributed by atoms with Crippen LogP contribution in [0.15, 0.2) is 0 Å². The van der Waals surface area contributed by atoms with Crippen LogP contribution in [0.1, 0.15) is 32.1 Å². The molecule has 0 rings (SSSR count). The summed E-state index contributed by atoms with van der Waals surface area (Å²) in [5.74, 6) is 0.921. The van der Waals surface area contributed by atoms with Crippen LogP contribution in [-0.4, -0.2) is 19.5 Å². The summed E-state index contributed by atoms with van der Waals surface area (Å²) in [4.78, 5) is 0. The lowest BCUT2D eigenvalue weighted by Gasteiger charge is -1.98. The maximum absolute atomic E-state index is 4.93. The molecule has 0 heterocycles. The van der Waals surface area contributed by atoms with E-state index in [1.807, 2.05) is 0 Å². The minimum Gasteiger partial charge on any atom is -0.385 e. The molecule has 0 saturated heterocycles. The standard InChI is InChI=1S/C8H17OS/c1-9-7-5-3-2-4-6-8-10/h2-8H2,1H3. The third-order valence-corrected chi connectivity index (χ3v) is 1.78. The molecular formula is C8H17OS. The van der Waals surface area contributed by atoms with Crippen LogP contribution in [0.2, 0.25) is 0 Å². The Labute approximate surface area is 69.6 Å². The molecule has 0 bridgehead atoms. The fraction of sp³-hybridized carbons (Fsp3) is 1.00. The highest BCUT2D eigenvalue weighted by Crippen LogP contribution is 2.03. The molecule has 0 saturated carbocycles. The molecule has 0 aromatic carbocycles. The predicted octanol–water partition coefficient (Wildman–Crippen LogP) is 2.78. The van der Waals surface area contributed by atoms with Crippen molar-refractivity contribution < 1.29 is 4.74 Å². The van der Waals surface area contributed by atoms with Gasteiger partial charge in [-0.25, -0.2) is 0 Å². The largest absolute Gasteiger partial charge is 0.385 e. The summed E-state index contributed by atoms with van der Waals surface area (Å²) >= 11 is 4.83. The van der Waals surface area contributed by atoms with E-state index in [-0.39, 0.29) is 0 Å².